The zero-order chi connectivity index (χ0) is 34.7. The van der Waals surface area contributed by atoms with Gasteiger partial charge in [0, 0.05) is 47.1 Å². The van der Waals surface area contributed by atoms with Crippen molar-refractivity contribution in [3.63, 3.8) is 0 Å². The molecule has 1 aromatic heterocycles. The Balaban J connectivity index is 1.40. The van der Waals surface area contributed by atoms with Crippen LogP contribution in [-0.2, 0) is 34.2 Å². The number of benzene rings is 3. The Hall–Kier alpha value is -5.40. The molecule has 3 aromatic carbocycles. The molecule has 256 valence electrons. The lowest BCUT2D eigenvalue weighted by molar-refractivity contribution is -0.141. The van der Waals surface area contributed by atoms with Gasteiger partial charge in [-0.1, -0.05) is 24.1 Å². The number of hydrogen-bond acceptors (Lipinski definition) is 10. The van der Waals surface area contributed by atoms with Crippen LogP contribution in [0.1, 0.15) is 77.3 Å². The fraction of sp³-hybridized carbons (Fsp3) is 0.350. The van der Waals surface area contributed by atoms with E-state index in [2.05, 4.69) is 22.9 Å². The summed E-state index contributed by atoms with van der Waals surface area (Å²) in [6, 6.07) is 14.7. The number of aliphatic hydroxyl groups is 1. The summed E-state index contributed by atoms with van der Waals surface area (Å²) in [6.07, 6.45) is 3.75. The Labute approximate surface area is 289 Å². The Morgan fingerprint density at radius 2 is 1.94 bits per heavy atom. The summed E-state index contributed by atoms with van der Waals surface area (Å²) < 4.78 is 24.1. The lowest BCUT2D eigenvalue weighted by Crippen LogP contribution is -2.31. The van der Waals surface area contributed by atoms with Gasteiger partial charge in [-0.15, -0.1) is 0 Å². The van der Waals surface area contributed by atoms with E-state index in [-0.39, 0.29) is 41.6 Å². The van der Waals surface area contributed by atoms with Gasteiger partial charge in [0.15, 0.2) is 18.3 Å². The number of carbonyl (C=O) groups is 1. The molecule has 50 heavy (non-hydrogen) atoms. The molecule has 8 rings (SSSR count). The second kappa shape index (κ2) is 12.2. The lowest BCUT2D eigenvalue weighted by atomic mass is 9.65. The van der Waals surface area contributed by atoms with Gasteiger partial charge >= 0.3 is 5.97 Å². The van der Waals surface area contributed by atoms with Crippen LogP contribution < -0.4 is 19.9 Å². The van der Waals surface area contributed by atoms with E-state index < -0.39 is 18.9 Å². The van der Waals surface area contributed by atoms with Crippen molar-refractivity contribution in [2.45, 2.75) is 62.9 Å². The number of hydrogen-bond donors (Lipinski definition) is 4. The van der Waals surface area contributed by atoms with Gasteiger partial charge in [-0.2, -0.15) is 0 Å². The maximum absolute atomic E-state index is 12.2. The smallest absolute Gasteiger partial charge is 0.302 e. The fourth-order valence-corrected chi connectivity index (χ4v) is 8.85. The van der Waals surface area contributed by atoms with Gasteiger partial charge in [-0.3, -0.25) is 4.79 Å². The molecule has 5 N–H and O–H groups in total. The van der Waals surface area contributed by atoms with Crippen molar-refractivity contribution in [1.82, 2.24) is 4.98 Å². The van der Waals surface area contributed by atoms with E-state index in [4.69, 9.17) is 24.7 Å². The SMILES string of the molecule is COc1cc2c(cc1O)CC#Cc1nc(N)ccc1CC1CCC3(Cc4cc(O)cc(OCO)c4-c4ccc5c(c43)OC2C5COC(C)=O)C1. The van der Waals surface area contributed by atoms with E-state index in [9.17, 15) is 20.1 Å². The van der Waals surface area contributed by atoms with Crippen LogP contribution in [0.3, 0.4) is 0 Å². The van der Waals surface area contributed by atoms with Crippen LogP contribution in [0.25, 0.3) is 11.1 Å². The number of pyridine rings is 1. The van der Waals surface area contributed by atoms with Crippen LogP contribution in [-0.4, -0.2) is 46.8 Å². The molecule has 4 aliphatic rings. The Morgan fingerprint density at radius 3 is 2.74 bits per heavy atom. The maximum atomic E-state index is 12.2. The summed E-state index contributed by atoms with van der Waals surface area (Å²) >= 11 is 0. The zero-order valence-electron chi connectivity index (χ0n) is 27.9. The molecule has 0 saturated heterocycles. The average molecular weight is 675 g/mol. The van der Waals surface area contributed by atoms with Gasteiger partial charge < -0.3 is 40.0 Å². The molecule has 2 aliphatic heterocycles. The molecule has 2 aliphatic carbocycles. The van der Waals surface area contributed by atoms with E-state index in [1.54, 1.807) is 18.2 Å². The van der Waals surface area contributed by atoms with Gasteiger partial charge in [-0.25, -0.2) is 4.98 Å². The first-order valence-corrected chi connectivity index (χ1v) is 16.9. The number of fused-ring (bicyclic) bond motifs is 7. The Bertz CT molecular complexity index is 2120. The van der Waals surface area contributed by atoms with E-state index >= 15 is 0 Å². The van der Waals surface area contributed by atoms with Gasteiger partial charge in [0.2, 0.25) is 0 Å². The first kappa shape index (κ1) is 31.8. The molecule has 4 aromatic rings. The van der Waals surface area contributed by atoms with Crippen molar-refractivity contribution in [3.8, 4) is 51.7 Å². The largest absolute Gasteiger partial charge is 0.508 e. The highest BCUT2D eigenvalue weighted by Crippen LogP contribution is 2.62. The number of phenolic OH excluding ortho intramolecular Hbond substituents is 2. The number of nitrogens with zero attached hydrogens (tertiary/aromatic N) is 1. The highest BCUT2D eigenvalue weighted by atomic mass is 16.6. The number of carbonyl (C=O) groups excluding carboxylic acids is 1. The quantitative estimate of drug-likeness (QED) is 0.119. The molecule has 0 radical (unpaired) electrons. The molecule has 4 atom stereocenters. The molecule has 0 amide bonds. The number of nitrogen functional groups attached to an aromatic ring is 1. The summed E-state index contributed by atoms with van der Waals surface area (Å²) in [6.45, 7) is 0.927. The maximum Gasteiger partial charge on any atom is 0.302 e. The third-order valence-corrected chi connectivity index (χ3v) is 10.8. The third-order valence-electron chi connectivity index (χ3n) is 10.8. The predicted molar refractivity (Wildman–Crippen MR) is 184 cm³/mol. The topological polar surface area (TPSA) is 154 Å². The fourth-order valence-electron chi connectivity index (χ4n) is 8.85. The molecule has 1 spiro atoms. The van der Waals surface area contributed by atoms with Crippen molar-refractivity contribution in [2.75, 3.05) is 26.2 Å². The van der Waals surface area contributed by atoms with Gasteiger partial charge in [0.05, 0.1) is 13.0 Å². The number of esters is 1. The first-order chi connectivity index (χ1) is 24.2. The number of phenols is 2. The molecule has 4 bridgehead atoms. The van der Waals surface area contributed by atoms with Crippen molar-refractivity contribution in [2.24, 2.45) is 5.92 Å². The monoisotopic (exact) mass is 674 g/mol. The van der Waals surface area contributed by atoms with Gasteiger partial charge in [0.1, 0.15) is 41.5 Å². The molecule has 1 fully saturated rings. The Morgan fingerprint density at radius 1 is 1.08 bits per heavy atom. The van der Waals surface area contributed by atoms with Crippen LogP contribution in [0.15, 0.2) is 48.5 Å². The summed E-state index contributed by atoms with van der Waals surface area (Å²) in [5.74, 6) is 7.96. The number of ether oxygens (including phenoxy) is 4. The van der Waals surface area contributed by atoms with Crippen LogP contribution >= 0.6 is 0 Å². The number of aromatic nitrogens is 1. The molecule has 3 heterocycles. The number of anilines is 1. The van der Waals surface area contributed by atoms with E-state index in [0.29, 0.717) is 29.6 Å². The van der Waals surface area contributed by atoms with Crippen molar-refractivity contribution in [1.29, 1.82) is 0 Å². The minimum atomic E-state index is -0.600. The van der Waals surface area contributed by atoms with Crippen LogP contribution in [0.2, 0.25) is 0 Å². The second-order valence-corrected chi connectivity index (χ2v) is 13.8. The molecule has 4 unspecified atom stereocenters. The summed E-state index contributed by atoms with van der Waals surface area (Å²) in [4.78, 5) is 16.8. The molecule has 1 saturated carbocycles. The minimum absolute atomic E-state index is 0.0225. The third kappa shape index (κ3) is 5.24. The van der Waals surface area contributed by atoms with E-state index in [0.717, 1.165) is 75.9 Å². The number of aliphatic hydroxyl groups excluding tert-OH is 1. The molecular formula is C40H38N2O8. The van der Waals surface area contributed by atoms with E-state index in [1.807, 2.05) is 18.2 Å². The highest BCUT2D eigenvalue weighted by Gasteiger charge is 2.51. The zero-order valence-corrected chi connectivity index (χ0v) is 27.9. The minimum Gasteiger partial charge on any atom is -0.508 e. The van der Waals surface area contributed by atoms with Crippen LogP contribution in [0, 0.1) is 17.8 Å². The number of nitrogens with two attached hydrogens (primary N) is 1. The molecule has 10 nitrogen and oxygen atoms in total. The molecule has 10 heteroatoms. The van der Waals surface area contributed by atoms with Crippen molar-refractivity contribution in [3.05, 3.63) is 87.6 Å². The summed E-state index contributed by atoms with van der Waals surface area (Å²) in [5, 5.41) is 31.5. The lowest BCUT2D eigenvalue weighted by Gasteiger charge is -2.39. The van der Waals surface area contributed by atoms with E-state index in [1.165, 1.54) is 20.1 Å². The number of methoxy groups -OCH3 is 1. The predicted octanol–water partition coefficient (Wildman–Crippen LogP) is 5.60. The van der Waals surface area contributed by atoms with Gasteiger partial charge in [0.25, 0.3) is 0 Å². The van der Waals surface area contributed by atoms with Crippen LogP contribution in [0.5, 0.6) is 28.7 Å². The van der Waals surface area contributed by atoms with Crippen LogP contribution in [0.4, 0.5) is 5.82 Å². The first-order valence-electron chi connectivity index (χ1n) is 16.9. The second-order valence-electron chi connectivity index (χ2n) is 13.8. The average Bonchev–Trinajstić information content (AvgIpc) is 3.65. The normalized spacial score (nSPS) is 22.3. The molecular weight excluding hydrogens is 636 g/mol. The standard InChI is InChI=1S/C40H38N2O8/c1-21(44)48-19-30-27-7-8-28-36-25(13-26(45)15-34(36)49-20-43)18-40-11-10-22(17-40)12-24-6-9-35(41)42-31(24)5-3-4-23-14-32(46)33(47-2)16-29(23)38(30)50-39(27)37(28)40/h6-9,13-16,22,30,38,43,45-46H,4,10-12,17-20H2,1-2H3,(H2,41,42). The summed E-state index contributed by atoms with van der Waals surface area (Å²) in [7, 11) is 1.50. The Kier molecular flexibility index (Phi) is 7.76. The van der Waals surface area contributed by atoms with Crippen molar-refractivity contribution >= 4 is 11.8 Å². The summed E-state index contributed by atoms with van der Waals surface area (Å²) in [5.41, 5.74) is 13.6. The van der Waals surface area contributed by atoms with Crippen molar-refractivity contribution < 1.29 is 39.1 Å². The number of aromatic hydroxyl groups is 2. The number of rotatable bonds is 5. The highest BCUT2D eigenvalue weighted by molar-refractivity contribution is 5.84. The van der Waals surface area contributed by atoms with Gasteiger partial charge in [-0.05, 0) is 90.5 Å².